The van der Waals surface area contributed by atoms with Crippen LogP contribution in [0.25, 0.3) is 11.3 Å². The molecule has 1 aromatic carbocycles. The molecule has 0 aliphatic carbocycles. The molecule has 0 saturated carbocycles. The smallest absolute Gasteiger partial charge is 0.241 e. The Morgan fingerprint density at radius 2 is 2.10 bits per heavy atom. The summed E-state index contributed by atoms with van der Waals surface area (Å²) in [6.07, 6.45) is 3.77. The summed E-state index contributed by atoms with van der Waals surface area (Å²) in [5.74, 6) is 0.653. The molecule has 110 valence electrons. The summed E-state index contributed by atoms with van der Waals surface area (Å²) < 4.78 is 0. The Labute approximate surface area is 124 Å². The van der Waals surface area contributed by atoms with E-state index in [1.54, 1.807) is 6.20 Å². The van der Waals surface area contributed by atoms with Gasteiger partial charge in [-0.15, -0.1) is 0 Å². The number of aromatic nitrogens is 2. The molecule has 2 aromatic rings. The fourth-order valence-corrected chi connectivity index (χ4v) is 2.69. The average molecular weight is 284 g/mol. The topological polar surface area (TPSA) is 69.8 Å². The van der Waals surface area contributed by atoms with Gasteiger partial charge in [0.1, 0.15) is 0 Å². The van der Waals surface area contributed by atoms with E-state index in [4.69, 9.17) is 0 Å². The van der Waals surface area contributed by atoms with E-state index in [2.05, 4.69) is 27.8 Å². The quantitative estimate of drug-likeness (QED) is 0.810. The van der Waals surface area contributed by atoms with Crippen LogP contribution in [-0.4, -0.2) is 28.7 Å². The second-order valence-electron chi connectivity index (χ2n) is 5.67. The van der Waals surface area contributed by atoms with Crippen LogP contribution in [0.3, 0.4) is 0 Å². The van der Waals surface area contributed by atoms with Crippen molar-refractivity contribution in [1.29, 1.82) is 0 Å². The zero-order valence-corrected chi connectivity index (χ0v) is 12.1. The molecular weight excluding hydrogens is 264 g/mol. The SMILES string of the molecule is CC1CCNC(C(=O)Nc2ccc(-c3ccn[nH]3)cc2)C1. The summed E-state index contributed by atoms with van der Waals surface area (Å²) in [6, 6.07) is 9.61. The standard InChI is InChI=1S/C16H20N4O/c1-11-6-8-17-15(10-11)16(21)19-13-4-2-12(3-5-13)14-7-9-18-20-14/h2-5,7,9,11,15,17H,6,8,10H2,1H3,(H,18,20)(H,19,21). The zero-order valence-electron chi connectivity index (χ0n) is 12.1. The number of H-pyrrole nitrogens is 1. The van der Waals surface area contributed by atoms with Gasteiger partial charge in [-0.2, -0.15) is 5.10 Å². The maximum atomic E-state index is 12.2. The van der Waals surface area contributed by atoms with Gasteiger partial charge in [0.05, 0.1) is 11.7 Å². The van der Waals surface area contributed by atoms with Crippen molar-refractivity contribution in [2.24, 2.45) is 5.92 Å². The zero-order chi connectivity index (χ0) is 14.7. The number of carbonyl (C=O) groups excluding carboxylic acids is 1. The summed E-state index contributed by atoms with van der Waals surface area (Å²) in [6.45, 7) is 3.11. The highest BCUT2D eigenvalue weighted by Crippen LogP contribution is 2.20. The molecule has 0 radical (unpaired) electrons. The first-order valence-corrected chi connectivity index (χ1v) is 7.36. The number of amides is 1. The Kier molecular flexibility index (Phi) is 4.01. The lowest BCUT2D eigenvalue weighted by Gasteiger charge is -2.27. The van der Waals surface area contributed by atoms with Crippen LogP contribution in [-0.2, 0) is 4.79 Å². The number of nitrogens with one attached hydrogen (secondary N) is 3. The first-order valence-electron chi connectivity index (χ1n) is 7.36. The van der Waals surface area contributed by atoms with Gasteiger partial charge in [-0.25, -0.2) is 0 Å². The van der Waals surface area contributed by atoms with Gasteiger partial charge in [-0.05, 0) is 49.1 Å². The van der Waals surface area contributed by atoms with Crippen molar-refractivity contribution >= 4 is 11.6 Å². The number of rotatable bonds is 3. The van der Waals surface area contributed by atoms with Crippen LogP contribution in [0, 0.1) is 5.92 Å². The minimum atomic E-state index is -0.0824. The summed E-state index contributed by atoms with van der Waals surface area (Å²) in [4.78, 5) is 12.2. The first kappa shape index (κ1) is 13.8. The molecule has 2 heterocycles. The predicted octanol–water partition coefficient (Wildman–Crippen LogP) is 2.40. The van der Waals surface area contributed by atoms with Gasteiger partial charge in [-0.3, -0.25) is 9.89 Å². The van der Waals surface area contributed by atoms with Crippen molar-refractivity contribution in [2.45, 2.75) is 25.8 Å². The summed E-state index contributed by atoms with van der Waals surface area (Å²) in [7, 11) is 0. The van der Waals surface area contributed by atoms with Crippen LogP contribution in [0.1, 0.15) is 19.8 Å². The minimum Gasteiger partial charge on any atom is -0.325 e. The summed E-state index contributed by atoms with van der Waals surface area (Å²) in [5.41, 5.74) is 2.84. The molecule has 0 spiro atoms. The number of benzene rings is 1. The number of aromatic amines is 1. The first-order chi connectivity index (χ1) is 10.2. The highest BCUT2D eigenvalue weighted by Gasteiger charge is 2.24. The number of carbonyl (C=O) groups is 1. The number of hydrogen-bond donors (Lipinski definition) is 3. The molecule has 1 fully saturated rings. The molecule has 3 rings (SSSR count). The van der Waals surface area contributed by atoms with Crippen LogP contribution in [0.5, 0.6) is 0 Å². The van der Waals surface area contributed by atoms with Gasteiger partial charge in [0.2, 0.25) is 5.91 Å². The van der Waals surface area contributed by atoms with Crippen LogP contribution < -0.4 is 10.6 Å². The molecule has 1 aliphatic heterocycles. The third-order valence-electron chi connectivity index (χ3n) is 3.95. The predicted molar refractivity (Wildman–Crippen MR) is 82.8 cm³/mol. The maximum absolute atomic E-state index is 12.2. The lowest BCUT2D eigenvalue weighted by molar-refractivity contribution is -0.119. The minimum absolute atomic E-state index is 0.0517. The number of piperidine rings is 1. The molecule has 2 unspecified atom stereocenters. The fraction of sp³-hybridized carbons (Fsp3) is 0.375. The molecule has 1 amide bonds. The molecule has 21 heavy (non-hydrogen) atoms. The Morgan fingerprint density at radius 1 is 1.29 bits per heavy atom. The second-order valence-corrected chi connectivity index (χ2v) is 5.67. The monoisotopic (exact) mass is 284 g/mol. The normalized spacial score (nSPS) is 22.0. The maximum Gasteiger partial charge on any atom is 0.241 e. The summed E-state index contributed by atoms with van der Waals surface area (Å²) >= 11 is 0. The molecular formula is C16H20N4O. The van der Waals surface area contributed by atoms with Crippen molar-refractivity contribution in [3.63, 3.8) is 0 Å². The Balaban J connectivity index is 1.63. The Bertz CT molecular complexity index is 591. The van der Waals surface area contributed by atoms with E-state index < -0.39 is 0 Å². The molecule has 1 saturated heterocycles. The highest BCUT2D eigenvalue weighted by atomic mass is 16.2. The van der Waals surface area contributed by atoms with Gasteiger partial charge >= 0.3 is 0 Å². The van der Waals surface area contributed by atoms with Gasteiger partial charge < -0.3 is 10.6 Å². The molecule has 1 aromatic heterocycles. The molecule has 2 atom stereocenters. The van der Waals surface area contributed by atoms with Crippen LogP contribution in [0.2, 0.25) is 0 Å². The van der Waals surface area contributed by atoms with Gasteiger partial charge in [0.15, 0.2) is 0 Å². The lowest BCUT2D eigenvalue weighted by Crippen LogP contribution is -2.45. The van der Waals surface area contributed by atoms with E-state index >= 15 is 0 Å². The van der Waals surface area contributed by atoms with Crippen LogP contribution in [0.15, 0.2) is 36.5 Å². The van der Waals surface area contributed by atoms with E-state index in [9.17, 15) is 4.79 Å². The lowest BCUT2D eigenvalue weighted by atomic mass is 9.94. The molecule has 3 N–H and O–H groups in total. The third kappa shape index (κ3) is 3.31. The van der Waals surface area contributed by atoms with E-state index in [0.29, 0.717) is 5.92 Å². The molecule has 5 nitrogen and oxygen atoms in total. The molecule has 0 bridgehead atoms. The van der Waals surface area contributed by atoms with Crippen molar-refractivity contribution in [3.8, 4) is 11.3 Å². The van der Waals surface area contributed by atoms with E-state index in [0.717, 1.165) is 36.3 Å². The van der Waals surface area contributed by atoms with Crippen molar-refractivity contribution in [3.05, 3.63) is 36.5 Å². The number of nitrogens with zero attached hydrogens (tertiary/aromatic N) is 1. The van der Waals surface area contributed by atoms with Crippen molar-refractivity contribution in [2.75, 3.05) is 11.9 Å². The highest BCUT2D eigenvalue weighted by molar-refractivity contribution is 5.95. The molecule has 1 aliphatic rings. The van der Waals surface area contributed by atoms with E-state index in [-0.39, 0.29) is 11.9 Å². The summed E-state index contributed by atoms with van der Waals surface area (Å²) in [5, 5.41) is 13.1. The van der Waals surface area contributed by atoms with Crippen molar-refractivity contribution < 1.29 is 4.79 Å². The van der Waals surface area contributed by atoms with E-state index in [1.165, 1.54) is 0 Å². The van der Waals surface area contributed by atoms with Gasteiger partial charge in [-0.1, -0.05) is 19.1 Å². The number of hydrogen-bond acceptors (Lipinski definition) is 3. The van der Waals surface area contributed by atoms with Gasteiger partial charge in [0, 0.05) is 11.9 Å². The number of anilines is 1. The largest absolute Gasteiger partial charge is 0.325 e. The molecule has 5 heteroatoms. The van der Waals surface area contributed by atoms with Crippen LogP contribution >= 0.6 is 0 Å². The Hall–Kier alpha value is -2.14. The fourth-order valence-electron chi connectivity index (χ4n) is 2.69. The third-order valence-corrected chi connectivity index (χ3v) is 3.95. The average Bonchev–Trinajstić information content (AvgIpc) is 3.02. The van der Waals surface area contributed by atoms with Gasteiger partial charge in [0.25, 0.3) is 0 Å². The van der Waals surface area contributed by atoms with Crippen molar-refractivity contribution in [1.82, 2.24) is 15.5 Å². The second kappa shape index (κ2) is 6.10. The van der Waals surface area contributed by atoms with Crippen LogP contribution in [0.4, 0.5) is 5.69 Å². The Morgan fingerprint density at radius 3 is 2.76 bits per heavy atom. The van der Waals surface area contributed by atoms with E-state index in [1.807, 2.05) is 30.3 Å².